The average Bonchev–Trinajstić information content (AvgIpc) is 3.24. The van der Waals surface area contributed by atoms with Crippen LogP contribution in [0.1, 0.15) is 69.2 Å². The molecule has 0 unspecified atom stereocenters. The second kappa shape index (κ2) is 5.98. The first-order valence-electron chi connectivity index (χ1n) is 9.13. The third kappa shape index (κ3) is 2.73. The number of rotatable bonds is 4. The second-order valence-corrected chi connectivity index (χ2v) is 9.70. The Morgan fingerprint density at radius 1 is 1.00 bits per heavy atom. The Morgan fingerprint density at radius 3 is 2.21 bits per heavy atom. The molecule has 0 atom stereocenters. The molecule has 3 aliphatic rings. The maximum absolute atomic E-state index is 12.5. The van der Waals surface area contributed by atoms with Crippen LogP contribution in [0.4, 0.5) is 0 Å². The molecule has 4 rings (SSSR count). The van der Waals surface area contributed by atoms with Crippen LogP contribution in [0.5, 0.6) is 0 Å². The molecule has 0 aromatic carbocycles. The quantitative estimate of drug-likeness (QED) is 0.818. The lowest BCUT2D eigenvalue weighted by Crippen LogP contribution is -2.40. The van der Waals surface area contributed by atoms with Crippen LogP contribution >= 0.6 is 0 Å². The molecule has 2 heterocycles. The minimum atomic E-state index is -3.08. The molecule has 0 N–H and O–H groups in total. The lowest BCUT2D eigenvalue weighted by molar-refractivity contribution is 0.304. The molecule has 1 saturated heterocycles. The first kappa shape index (κ1) is 16.3. The van der Waals surface area contributed by atoms with E-state index in [1.54, 1.807) is 11.4 Å². The highest BCUT2D eigenvalue weighted by Gasteiger charge is 2.42. The molecule has 134 valence electrons. The van der Waals surface area contributed by atoms with Crippen molar-refractivity contribution >= 4 is 10.0 Å². The zero-order chi connectivity index (χ0) is 16.9. The van der Waals surface area contributed by atoms with Crippen LogP contribution < -0.4 is 5.69 Å². The Morgan fingerprint density at radius 2 is 1.62 bits per heavy atom. The third-order valence-corrected chi connectivity index (χ3v) is 8.20. The second-order valence-electron chi connectivity index (χ2n) is 7.49. The number of aryl methyl sites for hydroxylation is 1. The smallest absolute Gasteiger partial charge is 0.276 e. The van der Waals surface area contributed by atoms with Gasteiger partial charge in [0.25, 0.3) is 0 Å². The van der Waals surface area contributed by atoms with Gasteiger partial charge in [-0.05, 0) is 38.5 Å². The van der Waals surface area contributed by atoms with E-state index in [1.807, 2.05) is 4.57 Å². The molecule has 2 saturated carbocycles. The Kier molecular flexibility index (Phi) is 4.07. The largest absolute Gasteiger partial charge is 0.345 e. The van der Waals surface area contributed by atoms with Crippen molar-refractivity contribution in [2.45, 2.75) is 68.6 Å². The highest BCUT2D eigenvalue weighted by Crippen LogP contribution is 2.36. The standard InChI is InChI=1S/C16H26N4O3S/c1-18-16(21)20(13-4-2-3-5-13)15(17-18)12-8-10-19(11-9-12)24(22,23)14-6-7-14/h12-14H,2-11H2,1H3. The molecule has 24 heavy (non-hydrogen) atoms. The van der Waals surface area contributed by atoms with Gasteiger partial charge < -0.3 is 0 Å². The van der Waals surface area contributed by atoms with Crippen molar-refractivity contribution in [2.75, 3.05) is 13.1 Å². The van der Waals surface area contributed by atoms with Crippen molar-refractivity contribution in [1.82, 2.24) is 18.7 Å². The van der Waals surface area contributed by atoms with Gasteiger partial charge in [0.05, 0.1) is 5.25 Å². The Balaban J connectivity index is 1.53. The molecule has 1 aliphatic heterocycles. The average molecular weight is 354 g/mol. The molecule has 0 spiro atoms. The van der Waals surface area contributed by atoms with E-state index in [-0.39, 0.29) is 22.9 Å². The van der Waals surface area contributed by atoms with Crippen molar-refractivity contribution in [3.63, 3.8) is 0 Å². The normalized spacial score (nSPS) is 24.7. The van der Waals surface area contributed by atoms with E-state index in [9.17, 15) is 13.2 Å². The first-order chi connectivity index (χ1) is 11.5. The fourth-order valence-corrected chi connectivity index (χ4v) is 6.10. The molecule has 1 aromatic heterocycles. The summed E-state index contributed by atoms with van der Waals surface area (Å²) in [5.41, 5.74) is -0.0232. The van der Waals surface area contributed by atoms with E-state index in [0.717, 1.165) is 44.3 Å². The van der Waals surface area contributed by atoms with Gasteiger partial charge in [-0.3, -0.25) is 4.57 Å². The maximum Gasteiger partial charge on any atom is 0.345 e. The van der Waals surface area contributed by atoms with Gasteiger partial charge in [-0.15, -0.1) is 0 Å². The van der Waals surface area contributed by atoms with Gasteiger partial charge in [0, 0.05) is 32.1 Å². The number of nitrogens with zero attached hydrogens (tertiary/aromatic N) is 4. The Hall–Kier alpha value is -1.15. The van der Waals surface area contributed by atoms with E-state index in [2.05, 4.69) is 5.10 Å². The zero-order valence-electron chi connectivity index (χ0n) is 14.2. The van der Waals surface area contributed by atoms with Gasteiger partial charge in [-0.1, -0.05) is 12.8 Å². The summed E-state index contributed by atoms with van der Waals surface area (Å²) in [5.74, 6) is 1.06. The van der Waals surface area contributed by atoms with Gasteiger partial charge in [0.1, 0.15) is 5.82 Å². The monoisotopic (exact) mass is 354 g/mol. The summed E-state index contributed by atoms with van der Waals surface area (Å²) in [6.45, 7) is 1.11. The van der Waals surface area contributed by atoms with E-state index >= 15 is 0 Å². The summed E-state index contributed by atoms with van der Waals surface area (Å²) in [5, 5.41) is 4.37. The van der Waals surface area contributed by atoms with Crippen LogP contribution in [-0.4, -0.2) is 45.4 Å². The zero-order valence-corrected chi connectivity index (χ0v) is 15.0. The van der Waals surface area contributed by atoms with E-state index < -0.39 is 10.0 Å². The molecule has 1 aromatic rings. The van der Waals surface area contributed by atoms with Crippen LogP contribution in [0.2, 0.25) is 0 Å². The molecule has 7 nitrogen and oxygen atoms in total. The van der Waals surface area contributed by atoms with Crippen LogP contribution in [0.15, 0.2) is 4.79 Å². The van der Waals surface area contributed by atoms with Crippen molar-refractivity contribution in [2.24, 2.45) is 7.05 Å². The Bertz CT molecular complexity index is 764. The predicted octanol–water partition coefficient (Wildman–Crippen LogP) is 1.37. The molecule has 8 heteroatoms. The lowest BCUT2D eigenvalue weighted by Gasteiger charge is -2.31. The summed E-state index contributed by atoms with van der Waals surface area (Å²) in [6, 6.07) is 0.273. The molecule has 2 aliphatic carbocycles. The third-order valence-electron chi connectivity index (χ3n) is 5.80. The lowest BCUT2D eigenvalue weighted by atomic mass is 9.97. The van der Waals surface area contributed by atoms with E-state index in [1.165, 1.54) is 17.5 Å². The predicted molar refractivity (Wildman–Crippen MR) is 90.5 cm³/mol. The van der Waals surface area contributed by atoms with Gasteiger partial charge in [-0.2, -0.15) is 5.10 Å². The van der Waals surface area contributed by atoms with Gasteiger partial charge >= 0.3 is 5.69 Å². The molecule has 0 bridgehead atoms. The minimum absolute atomic E-state index is 0.0232. The molecule has 3 fully saturated rings. The number of sulfonamides is 1. The molecular weight excluding hydrogens is 328 g/mol. The number of hydrogen-bond donors (Lipinski definition) is 0. The number of hydrogen-bond acceptors (Lipinski definition) is 4. The van der Waals surface area contributed by atoms with E-state index in [0.29, 0.717) is 13.1 Å². The maximum atomic E-state index is 12.5. The summed E-state index contributed by atoms with van der Waals surface area (Å²) >= 11 is 0. The van der Waals surface area contributed by atoms with Crippen LogP contribution in [0.25, 0.3) is 0 Å². The summed E-state index contributed by atoms with van der Waals surface area (Å²) < 4.78 is 29.8. The summed E-state index contributed by atoms with van der Waals surface area (Å²) in [6.07, 6.45) is 7.58. The molecule has 0 radical (unpaired) electrons. The van der Waals surface area contributed by atoms with Crippen LogP contribution in [0.3, 0.4) is 0 Å². The summed E-state index contributed by atoms with van der Waals surface area (Å²) in [7, 11) is -1.37. The fraction of sp³-hybridized carbons (Fsp3) is 0.875. The van der Waals surface area contributed by atoms with Crippen LogP contribution in [0, 0.1) is 0 Å². The van der Waals surface area contributed by atoms with Crippen molar-refractivity contribution in [1.29, 1.82) is 0 Å². The van der Waals surface area contributed by atoms with E-state index in [4.69, 9.17) is 0 Å². The first-order valence-corrected chi connectivity index (χ1v) is 10.6. The Labute approximate surface area is 142 Å². The van der Waals surface area contributed by atoms with Crippen molar-refractivity contribution < 1.29 is 8.42 Å². The van der Waals surface area contributed by atoms with Crippen molar-refractivity contribution in [3.8, 4) is 0 Å². The SMILES string of the molecule is Cn1nc(C2CCN(S(=O)(=O)C3CC3)CC2)n(C2CCCC2)c1=O. The highest BCUT2D eigenvalue weighted by molar-refractivity contribution is 7.90. The topological polar surface area (TPSA) is 77.2 Å². The molecule has 0 amide bonds. The van der Waals surface area contributed by atoms with Crippen LogP contribution in [-0.2, 0) is 17.1 Å². The number of piperidine rings is 1. The van der Waals surface area contributed by atoms with Gasteiger partial charge in [0.2, 0.25) is 10.0 Å². The number of aromatic nitrogens is 3. The van der Waals surface area contributed by atoms with Gasteiger partial charge in [-0.25, -0.2) is 22.2 Å². The minimum Gasteiger partial charge on any atom is -0.276 e. The fourth-order valence-electron chi connectivity index (χ4n) is 4.23. The molecular formula is C16H26N4O3S. The summed E-state index contributed by atoms with van der Waals surface area (Å²) in [4.78, 5) is 12.5. The highest BCUT2D eigenvalue weighted by atomic mass is 32.2. The van der Waals surface area contributed by atoms with Crippen molar-refractivity contribution in [3.05, 3.63) is 16.3 Å². The van der Waals surface area contributed by atoms with Gasteiger partial charge in [0.15, 0.2) is 0 Å².